The van der Waals surface area contributed by atoms with E-state index in [0.29, 0.717) is 43.9 Å². The predicted octanol–water partition coefficient (Wildman–Crippen LogP) is 2.95. The van der Waals surface area contributed by atoms with E-state index in [4.69, 9.17) is 14.2 Å². The molecule has 140 valence electrons. The van der Waals surface area contributed by atoms with Crippen LogP contribution in [0.2, 0.25) is 0 Å². The van der Waals surface area contributed by atoms with Crippen LogP contribution >= 0.6 is 0 Å². The molecule has 26 heavy (non-hydrogen) atoms. The topological polar surface area (TPSA) is 65.1 Å². The molecule has 3 rings (SSSR count). The van der Waals surface area contributed by atoms with Gasteiger partial charge < -0.3 is 19.1 Å². The van der Waals surface area contributed by atoms with Gasteiger partial charge in [-0.05, 0) is 32.3 Å². The molecule has 1 fully saturated rings. The summed E-state index contributed by atoms with van der Waals surface area (Å²) in [7, 11) is 0. The monoisotopic (exact) mass is 359 g/mol. The van der Waals surface area contributed by atoms with Gasteiger partial charge in [0.1, 0.15) is 6.23 Å². The summed E-state index contributed by atoms with van der Waals surface area (Å²) in [4.78, 5) is 26.7. The molecule has 1 saturated heterocycles. The van der Waals surface area contributed by atoms with E-state index in [-0.39, 0.29) is 30.6 Å². The maximum atomic E-state index is 12.5. The Balaban J connectivity index is 1.98. The predicted molar refractivity (Wildman–Crippen MR) is 94.9 cm³/mol. The summed E-state index contributed by atoms with van der Waals surface area (Å²) >= 11 is 0. The first-order valence-electron chi connectivity index (χ1n) is 9.15. The highest BCUT2D eigenvalue weighted by atomic mass is 16.5. The number of benzene rings is 1. The van der Waals surface area contributed by atoms with E-state index in [1.807, 2.05) is 30.3 Å². The van der Waals surface area contributed by atoms with Gasteiger partial charge in [0.25, 0.3) is 0 Å². The molecule has 0 spiro atoms. The van der Waals surface area contributed by atoms with Crippen LogP contribution in [-0.4, -0.2) is 42.9 Å². The lowest BCUT2D eigenvalue weighted by atomic mass is 9.96. The second kappa shape index (κ2) is 8.36. The molecule has 2 aliphatic heterocycles. The highest BCUT2D eigenvalue weighted by Crippen LogP contribution is 2.42. The fraction of sp³-hybridized carbons (Fsp3) is 0.500. The van der Waals surface area contributed by atoms with Gasteiger partial charge in [0.2, 0.25) is 0 Å². The van der Waals surface area contributed by atoms with Gasteiger partial charge >= 0.3 is 11.9 Å². The van der Waals surface area contributed by atoms with E-state index >= 15 is 0 Å². The lowest BCUT2D eigenvalue weighted by molar-refractivity contribution is -0.143. The van der Waals surface area contributed by atoms with Crippen molar-refractivity contribution < 1.29 is 23.8 Å². The Bertz CT molecular complexity index is 685. The van der Waals surface area contributed by atoms with Crippen LogP contribution in [0.1, 0.15) is 44.7 Å². The van der Waals surface area contributed by atoms with Crippen LogP contribution in [-0.2, 0) is 23.8 Å². The molecule has 0 saturated carbocycles. The molecule has 1 unspecified atom stereocenters. The normalized spacial score (nSPS) is 22.2. The van der Waals surface area contributed by atoms with Crippen LogP contribution in [0.3, 0.4) is 0 Å². The van der Waals surface area contributed by atoms with Gasteiger partial charge in [0.05, 0.1) is 37.9 Å². The minimum absolute atomic E-state index is 0.0321. The Morgan fingerprint density at radius 3 is 2.58 bits per heavy atom. The van der Waals surface area contributed by atoms with Crippen LogP contribution < -0.4 is 0 Å². The molecule has 6 nitrogen and oxygen atoms in total. The van der Waals surface area contributed by atoms with Crippen molar-refractivity contribution in [2.45, 2.75) is 45.4 Å². The molecule has 2 atom stereocenters. The third kappa shape index (κ3) is 3.75. The molecule has 6 heteroatoms. The zero-order chi connectivity index (χ0) is 18.5. The van der Waals surface area contributed by atoms with E-state index in [1.54, 1.807) is 13.8 Å². The summed E-state index contributed by atoms with van der Waals surface area (Å²) in [5.41, 5.74) is 2.33. The number of hydrogen-bond donors (Lipinski definition) is 0. The van der Waals surface area contributed by atoms with Crippen molar-refractivity contribution in [2.75, 3.05) is 19.8 Å². The number of esters is 2. The van der Waals surface area contributed by atoms with Crippen LogP contribution in [0.15, 0.2) is 41.6 Å². The third-order valence-electron chi connectivity index (χ3n) is 4.72. The number of hydrogen-bond acceptors (Lipinski definition) is 6. The second-order valence-electron chi connectivity index (χ2n) is 6.29. The smallest absolute Gasteiger partial charge is 0.335 e. The van der Waals surface area contributed by atoms with Crippen molar-refractivity contribution in [3.05, 3.63) is 47.2 Å². The summed E-state index contributed by atoms with van der Waals surface area (Å²) in [6.07, 6.45) is 1.15. The van der Waals surface area contributed by atoms with Crippen LogP contribution in [0.5, 0.6) is 0 Å². The minimum Gasteiger partial charge on any atom is -0.466 e. The molecule has 1 aromatic rings. The lowest BCUT2D eigenvalue weighted by Crippen LogP contribution is -2.38. The Kier molecular flexibility index (Phi) is 5.93. The standard InChI is InChI=1S/C20H25NO5/c1-3-24-19(22)12-16-15(20(23)25-4-2)10-11-18-21(16)17(13-26-18)14-8-6-5-7-9-14/h5-9,17-18H,3-4,10-13H2,1-2H3/t17-,18?/m1/s1. The summed E-state index contributed by atoms with van der Waals surface area (Å²) < 4.78 is 16.3. The Morgan fingerprint density at radius 2 is 1.88 bits per heavy atom. The van der Waals surface area contributed by atoms with Crippen molar-refractivity contribution in [1.29, 1.82) is 0 Å². The largest absolute Gasteiger partial charge is 0.466 e. The number of rotatable bonds is 6. The molecule has 0 N–H and O–H groups in total. The van der Waals surface area contributed by atoms with Gasteiger partial charge in [0, 0.05) is 5.70 Å². The third-order valence-corrected chi connectivity index (χ3v) is 4.72. The SMILES string of the molecule is CCOC(=O)CC1=C(C(=O)OCC)CCC2OC[C@H](c3ccccc3)N12. The van der Waals surface area contributed by atoms with E-state index in [1.165, 1.54) is 0 Å². The maximum absolute atomic E-state index is 12.5. The van der Waals surface area contributed by atoms with Crippen molar-refractivity contribution in [2.24, 2.45) is 0 Å². The van der Waals surface area contributed by atoms with Gasteiger partial charge in [-0.2, -0.15) is 0 Å². The Hall–Kier alpha value is -2.34. The highest BCUT2D eigenvalue weighted by molar-refractivity contribution is 5.90. The molecule has 0 aromatic heterocycles. The molecular weight excluding hydrogens is 334 g/mol. The first-order valence-corrected chi connectivity index (χ1v) is 9.15. The molecular formula is C20H25NO5. The van der Waals surface area contributed by atoms with Gasteiger partial charge in [-0.3, -0.25) is 4.79 Å². The average Bonchev–Trinajstić information content (AvgIpc) is 3.07. The number of carbonyl (C=O) groups is 2. The van der Waals surface area contributed by atoms with Crippen molar-refractivity contribution in [1.82, 2.24) is 4.90 Å². The summed E-state index contributed by atoms with van der Waals surface area (Å²) in [6, 6.07) is 9.97. The van der Waals surface area contributed by atoms with Crippen LogP contribution in [0.25, 0.3) is 0 Å². The Labute approximate surface area is 153 Å². The molecule has 1 aromatic carbocycles. The molecule has 0 radical (unpaired) electrons. The van der Waals surface area contributed by atoms with E-state index in [0.717, 1.165) is 5.56 Å². The molecule has 2 heterocycles. The quantitative estimate of drug-likeness (QED) is 0.728. The van der Waals surface area contributed by atoms with Gasteiger partial charge in [0.15, 0.2) is 0 Å². The Morgan fingerprint density at radius 1 is 1.15 bits per heavy atom. The van der Waals surface area contributed by atoms with E-state index < -0.39 is 0 Å². The fourth-order valence-electron chi connectivity index (χ4n) is 3.63. The fourth-order valence-corrected chi connectivity index (χ4v) is 3.63. The lowest BCUT2D eigenvalue weighted by Gasteiger charge is -2.37. The van der Waals surface area contributed by atoms with Crippen molar-refractivity contribution >= 4 is 11.9 Å². The van der Waals surface area contributed by atoms with Crippen LogP contribution in [0.4, 0.5) is 0 Å². The number of nitrogens with zero attached hydrogens (tertiary/aromatic N) is 1. The highest BCUT2D eigenvalue weighted by Gasteiger charge is 2.42. The summed E-state index contributed by atoms with van der Waals surface area (Å²) in [5.74, 6) is -0.701. The van der Waals surface area contributed by atoms with Crippen molar-refractivity contribution in [3.63, 3.8) is 0 Å². The number of fused-ring (bicyclic) bond motifs is 1. The molecule has 0 amide bonds. The summed E-state index contributed by atoms with van der Waals surface area (Å²) in [6.45, 7) is 4.69. The van der Waals surface area contributed by atoms with Crippen LogP contribution in [0, 0.1) is 0 Å². The number of ether oxygens (including phenoxy) is 3. The van der Waals surface area contributed by atoms with E-state index in [2.05, 4.69) is 4.90 Å². The first-order chi connectivity index (χ1) is 12.7. The van der Waals surface area contributed by atoms with Gasteiger partial charge in [-0.1, -0.05) is 30.3 Å². The number of carbonyl (C=O) groups excluding carboxylic acids is 2. The zero-order valence-corrected chi connectivity index (χ0v) is 15.3. The van der Waals surface area contributed by atoms with Crippen molar-refractivity contribution in [3.8, 4) is 0 Å². The van der Waals surface area contributed by atoms with E-state index in [9.17, 15) is 9.59 Å². The molecule has 2 aliphatic rings. The first kappa shape index (κ1) is 18.5. The van der Waals surface area contributed by atoms with Gasteiger partial charge in [-0.15, -0.1) is 0 Å². The molecule has 0 bridgehead atoms. The minimum atomic E-state index is -0.357. The summed E-state index contributed by atoms with van der Waals surface area (Å²) in [5, 5.41) is 0. The average molecular weight is 359 g/mol. The second-order valence-corrected chi connectivity index (χ2v) is 6.29. The molecule has 0 aliphatic carbocycles. The maximum Gasteiger partial charge on any atom is 0.335 e. The van der Waals surface area contributed by atoms with Gasteiger partial charge in [-0.25, -0.2) is 4.79 Å². The zero-order valence-electron chi connectivity index (χ0n) is 15.3.